The summed E-state index contributed by atoms with van der Waals surface area (Å²) in [7, 11) is 0. The van der Waals surface area contributed by atoms with E-state index in [1.807, 2.05) is 42.6 Å². The highest BCUT2D eigenvalue weighted by molar-refractivity contribution is 7.13. The summed E-state index contributed by atoms with van der Waals surface area (Å²) < 4.78 is 0. The van der Waals surface area contributed by atoms with Gasteiger partial charge in [-0.25, -0.2) is 4.98 Å². The number of fused-ring (bicyclic) bond motifs is 1. The number of amides is 1. The van der Waals surface area contributed by atoms with Gasteiger partial charge in [-0.1, -0.05) is 30.3 Å². The third-order valence-electron chi connectivity index (χ3n) is 3.89. The van der Waals surface area contributed by atoms with Crippen molar-refractivity contribution in [2.75, 3.05) is 5.32 Å². The van der Waals surface area contributed by atoms with Crippen LogP contribution in [0.4, 0.5) is 5.82 Å². The van der Waals surface area contributed by atoms with Gasteiger partial charge < -0.3 is 5.32 Å². The van der Waals surface area contributed by atoms with E-state index in [0.29, 0.717) is 12.2 Å². The minimum absolute atomic E-state index is 0.0155. The van der Waals surface area contributed by atoms with Crippen LogP contribution in [0.15, 0.2) is 35.7 Å². The van der Waals surface area contributed by atoms with Crippen molar-refractivity contribution in [2.24, 2.45) is 0 Å². The van der Waals surface area contributed by atoms with Gasteiger partial charge in [0.25, 0.3) is 0 Å². The van der Waals surface area contributed by atoms with Crippen LogP contribution in [0.25, 0.3) is 10.6 Å². The Kier molecular flexibility index (Phi) is 3.04. The predicted molar refractivity (Wildman–Crippen MR) is 86.0 cm³/mol. The molecule has 1 aromatic carbocycles. The van der Waals surface area contributed by atoms with Crippen molar-refractivity contribution in [3.05, 3.63) is 52.7 Å². The van der Waals surface area contributed by atoms with Crippen LogP contribution >= 0.6 is 11.3 Å². The molecule has 0 saturated carbocycles. The maximum Gasteiger partial charge on any atom is 0.226 e. The van der Waals surface area contributed by atoms with E-state index < -0.39 is 0 Å². The third-order valence-corrected chi connectivity index (χ3v) is 4.80. The van der Waals surface area contributed by atoms with Crippen LogP contribution in [0.2, 0.25) is 0 Å². The highest BCUT2D eigenvalue weighted by Crippen LogP contribution is 2.39. The molecule has 2 N–H and O–H groups in total. The second-order valence-corrected chi connectivity index (χ2v) is 6.22. The first kappa shape index (κ1) is 13.2. The van der Waals surface area contributed by atoms with Gasteiger partial charge in [0.15, 0.2) is 5.82 Å². The van der Waals surface area contributed by atoms with Gasteiger partial charge in [0.1, 0.15) is 5.01 Å². The molecule has 1 amide bonds. The fourth-order valence-electron chi connectivity index (χ4n) is 2.84. The van der Waals surface area contributed by atoms with E-state index in [1.165, 1.54) is 0 Å². The van der Waals surface area contributed by atoms with Crippen molar-refractivity contribution in [3.8, 4) is 10.6 Å². The zero-order chi connectivity index (χ0) is 15.1. The Bertz CT molecular complexity index is 837. The molecule has 1 atom stereocenters. The van der Waals surface area contributed by atoms with Crippen LogP contribution in [0, 0.1) is 6.92 Å². The number of benzene rings is 1. The Morgan fingerprint density at radius 2 is 2.09 bits per heavy atom. The van der Waals surface area contributed by atoms with E-state index in [-0.39, 0.29) is 11.8 Å². The molecule has 5 nitrogen and oxygen atoms in total. The van der Waals surface area contributed by atoms with Crippen molar-refractivity contribution >= 4 is 23.1 Å². The zero-order valence-electron chi connectivity index (χ0n) is 12.0. The van der Waals surface area contributed by atoms with Crippen LogP contribution in [0.5, 0.6) is 0 Å². The number of carbonyl (C=O) groups is 1. The van der Waals surface area contributed by atoms with E-state index in [1.54, 1.807) is 11.3 Å². The lowest BCUT2D eigenvalue weighted by Gasteiger charge is -2.20. The second kappa shape index (κ2) is 5.06. The average Bonchev–Trinajstić information content (AvgIpc) is 3.15. The van der Waals surface area contributed by atoms with Crippen molar-refractivity contribution < 1.29 is 4.79 Å². The number of aromatic amines is 1. The standard InChI is InChI=1S/C16H14N4OS/c1-9-14-11(7-13(21)18-15(14)20-19-9)12-8-22-16(17-12)10-5-3-2-4-6-10/h2-6,8,11H,7H2,1H3,(H2,18,19,20,21)/t11-/m1/s1. The number of nitrogens with one attached hydrogen (secondary N) is 2. The number of rotatable bonds is 2. The molecule has 1 aliphatic heterocycles. The minimum Gasteiger partial charge on any atom is -0.309 e. The smallest absolute Gasteiger partial charge is 0.226 e. The maximum absolute atomic E-state index is 11.9. The number of aryl methyl sites for hydroxylation is 1. The first-order chi connectivity index (χ1) is 10.7. The van der Waals surface area contributed by atoms with Gasteiger partial charge in [0.05, 0.1) is 5.69 Å². The lowest BCUT2D eigenvalue weighted by atomic mass is 9.90. The van der Waals surface area contributed by atoms with Gasteiger partial charge in [0.2, 0.25) is 5.91 Å². The van der Waals surface area contributed by atoms with Gasteiger partial charge >= 0.3 is 0 Å². The predicted octanol–water partition coefficient (Wildman–Crippen LogP) is 3.32. The third kappa shape index (κ3) is 2.12. The molecule has 0 radical (unpaired) electrons. The normalized spacial score (nSPS) is 17.1. The Labute approximate surface area is 131 Å². The van der Waals surface area contributed by atoms with E-state index in [2.05, 4.69) is 15.5 Å². The van der Waals surface area contributed by atoms with Gasteiger partial charge in [0, 0.05) is 34.5 Å². The molecule has 4 rings (SSSR count). The monoisotopic (exact) mass is 310 g/mol. The fourth-order valence-corrected chi connectivity index (χ4v) is 3.72. The van der Waals surface area contributed by atoms with E-state index in [9.17, 15) is 4.79 Å². The van der Waals surface area contributed by atoms with E-state index >= 15 is 0 Å². The number of nitrogens with zero attached hydrogens (tertiary/aromatic N) is 2. The summed E-state index contributed by atoms with van der Waals surface area (Å²) in [5.41, 5.74) is 4.06. The molecule has 110 valence electrons. The Morgan fingerprint density at radius 1 is 1.27 bits per heavy atom. The van der Waals surface area contributed by atoms with Crippen molar-refractivity contribution in [2.45, 2.75) is 19.3 Å². The molecular weight excluding hydrogens is 296 g/mol. The van der Waals surface area contributed by atoms with Gasteiger partial charge in [-0.05, 0) is 6.92 Å². The maximum atomic E-state index is 11.9. The summed E-state index contributed by atoms with van der Waals surface area (Å²) >= 11 is 1.61. The molecule has 1 aliphatic rings. The lowest BCUT2D eigenvalue weighted by molar-refractivity contribution is -0.116. The van der Waals surface area contributed by atoms with Crippen LogP contribution in [0.1, 0.15) is 29.3 Å². The molecule has 0 bridgehead atoms. The average molecular weight is 310 g/mol. The topological polar surface area (TPSA) is 70.7 Å². The summed E-state index contributed by atoms with van der Waals surface area (Å²) in [6.45, 7) is 1.97. The minimum atomic E-state index is -0.0313. The lowest BCUT2D eigenvalue weighted by Crippen LogP contribution is -2.23. The largest absolute Gasteiger partial charge is 0.309 e. The number of aromatic nitrogens is 3. The number of thiazole rings is 1. The van der Waals surface area contributed by atoms with Crippen molar-refractivity contribution in [1.29, 1.82) is 0 Å². The number of hydrogen-bond acceptors (Lipinski definition) is 4. The first-order valence-corrected chi connectivity index (χ1v) is 7.96. The number of anilines is 1. The SMILES string of the molecule is Cc1[nH]nc2c1[C@@H](c1csc(-c3ccccc3)n1)CC(=O)N2. The second-order valence-electron chi connectivity index (χ2n) is 5.36. The van der Waals surface area contributed by atoms with Gasteiger partial charge in [-0.3, -0.25) is 9.89 Å². The Balaban J connectivity index is 1.75. The zero-order valence-corrected chi connectivity index (χ0v) is 12.8. The molecule has 0 saturated heterocycles. The highest BCUT2D eigenvalue weighted by atomic mass is 32.1. The Hall–Kier alpha value is -2.47. The van der Waals surface area contributed by atoms with Crippen LogP contribution in [0.3, 0.4) is 0 Å². The quantitative estimate of drug-likeness (QED) is 0.763. The highest BCUT2D eigenvalue weighted by Gasteiger charge is 2.31. The van der Waals surface area contributed by atoms with Gasteiger partial charge in [-0.15, -0.1) is 11.3 Å². The molecule has 0 unspecified atom stereocenters. The number of H-pyrrole nitrogens is 1. The number of carbonyl (C=O) groups excluding carboxylic acids is 1. The molecule has 6 heteroatoms. The summed E-state index contributed by atoms with van der Waals surface area (Å²) in [4.78, 5) is 16.7. The Morgan fingerprint density at radius 3 is 2.91 bits per heavy atom. The van der Waals surface area contributed by atoms with Crippen LogP contribution < -0.4 is 5.32 Å². The molecule has 22 heavy (non-hydrogen) atoms. The van der Waals surface area contributed by atoms with Crippen molar-refractivity contribution in [3.63, 3.8) is 0 Å². The van der Waals surface area contributed by atoms with E-state index in [4.69, 9.17) is 4.98 Å². The molecule has 3 aromatic rings. The molecule has 0 spiro atoms. The van der Waals surface area contributed by atoms with Crippen LogP contribution in [-0.2, 0) is 4.79 Å². The summed E-state index contributed by atoms with van der Waals surface area (Å²) in [5, 5.41) is 12.9. The molecule has 0 fully saturated rings. The summed E-state index contributed by atoms with van der Waals surface area (Å²) in [6, 6.07) is 10.1. The first-order valence-electron chi connectivity index (χ1n) is 7.08. The van der Waals surface area contributed by atoms with Gasteiger partial charge in [-0.2, -0.15) is 5.10 Å². The fraction of sp³-hybridized carbons (Fsp3) is 0.188. The summed E-state index contributed by atoms with van der Waals surface area (Å²) in [5.74, 6) is 0.586. The number of hydrogen-bond donors (Lipinski definition) is 2. The van der Waals surface area contributed by atoms with Crippen molar-refractivity contribution in [1.82, 2.24) is 15.2 Å². The molecule has 2 aromatic heterocycles. The molecular formula is C16H14N4OS. The molecule has 0 aliphatic carbocycles. The van der Waals surface area contributed by atoms with E-state index in [0.717, 1.165) is 27.5 Å². The molecule has 3 heterocycles. The summed E-state index contributed by atoms with van der Waals surface area (Å²) in [6.07, 6.45) is 0.408. The van der Waals surface area contributed by atoms with Crippen LogP contribution in [-0.4, -0.2) is 21.1 Å².